The molecule has 0 aromatic carbocycles. The molecule has 2 nitrogen and oxygen atoms in total. The molecule has 0 N–H and O–H groups in total. The van der Waals surface area contributed by atoms with Gasteiger partial charge in [-0.25, -0.2) is 0 Å². The molecule has 1 unspecified atom stereocenters. The normalized spacial score (nSPS) is 32.7. The number of rotatable bonds is 0. The van der Waals surface area contributed by atoms with Crippen molar-refractivity contribution in [1.82, 2.24) is 0 Å². The number of hydrogen-bond acceptors (Lipinski definition) is 2. The van der Waals surface area contributed by atoms with Gasteiger partial charge in [-0.2, -0.15) is 5.26 Å². The zero-order valence-electron chi connectivity index (χ0n) is 3.83. The molecule has 0 saturated carbocycles. The summed E-state index contributed by atoms with van der Waals surface area (Å²) in [5.74, 6) is 0.992. The Labute approximate surface area is 45.2 Å². The fraction of sp³-hybridized carbons (Fsp3) is 0.500. The van der Waals surface area contributed by atoms with Gasteiger partial charge in [0.05, 0.1) is 0 Å². The van der Waals surface area contributed by atoms with Crippen LogP contribution in [-0.2, 0) is 0 Å². The molecule has 0 fully saturated rings. The quantitative estimate of drug-likeness (QED) is 0.361. The highest BCUT2D eigenvalue weighted by Crippen LogP contribution is 2.22. The molecular weight excluding hydrogens is 108 g/mol. The van der Waals surface area contributed by atoms with Gasteiger partial charge in [0, 0.05) is 17.8 Å². The summed E-state index contributed by atoms with van der Waals surface area (Å²) in [7, 11) is -0.429. The summed E-state index contributed by atoms with van der Waals surface area (Å²) in [6, 6.07) is 0. The molecule has 0 bridgehead atoms. The number of hydrogen-bond donors (Lipinski definition) is 1. The molecule has 1 heterocycles. The van der Waals surface area contributed by atoms with Gasteiger partial charge in [-0.1, -0.05) is 0 Å². The molecule has 7 heavy (non-hydrogen) atoms. The van der Waals surface area contributed by atoms with Gasteiger partial charge in [0.25, 0.3) is 0 Å². The summed E-state index contributed by atoms with van der Waals surface area (Å²) in [6.45, 7) is 0.874. The molecule has 0 aromatic heterocycles. The topological polar surface area (TPSA) is 36.1 Å². The van der Waals surface area contributed by atoms with E-state index < -0.39 is 10.9 Å². The van der Waals surface area contributed by atoms with Crippen LogP contribution in [0.3, 0.4) is 0 Å². The molecular formula is C4H6N2S. The van der Waals surface area contributed by atoms with Crippen LogP contribution < -0.4 is 0 Å². The van der Waals surface area contributed by atoms with Crippen LogP contribution in [0.15, 0.2) is 4.99 Å². The van der Waals surface area contributed by atoms with Gasteiger partial charge in [0.15, 0.2) is 0 Å². The summed E-state index contributed by atoms with van der Waals surface area (Å²) in [6.07, 6.45) is 0. The van der Waals surface area contributed by atoms with E-state index >= 15 is 0 Å². The minimum absolute atomic E-state index is 0.429. The summed E-state index contributed by atoms with van der Waals surface area (Å²) in [4.78, 5) is 3.92. The summed E-state index contributed by atoms with van der Waals surface area (Å²) < 4.78 is 0. The Morgan fingerprint density at radius 3 is 3.00 bits per heavy atom. The third-order valence-electron chi connectivity index (χ3n) is 0.819. The predicted octanol–water partition coefficient (Wildman–Crippen LogP) is 0.511. The number of nitrogens with zero attached hydrogens (tertiary/aromatic N) is 2. The first-order valence-corrected chi connectivity index (χ1v) is 3.69. The number of nitriles is 1. The van der Waals surface area contributed by atoms with Crippen LogP contribution in [0.25, 0.3) is 0 Å². The van der Waals surface area contributed by atoms with Gasteiger partial charge in [-0.05, 0) is 0 Å². The fourth-order valence-corrected chi connectivity index (χ4v) is 1.37. The second-order valence-electron chi connectivity index (χ2n) is 1.32. The zero-order chi connectivity index (χ0) is 5.11. The Balaban J connectivity index is 2.47. The van der Waals surface area contributed by atoms with Gasteiger partial charge in [0.1, 0.15) is 5.40 Å². The molecule has 3 heteroatoms. The number of thiol groups is 1. The van der Waals surface area contributed by atoms with Gasteiger partial charge in [0.2, 0.25) is 0 Å². The van der Waals surface area contributed by atoms with Crippen molar-refractivity contribution in [3.8, 4) is 5.40 Å². The van der Waals surface area contributed by atoms with Crippen molar-refractivity contribution in [1.29, 1.82) is 5.26 Å². The lowest BCUT2D eigenvalue weighted by atomic mass is 10.8. The van der Waals surface area contributed by atoms with E-state index in [1.165, 1.54) is 0 Å². The monoisotopic (exact) mass is 114 g/mol. The first-order chi connectivity index (χ1) is 3.43. The Morgan fingerprint density at radius 1 is 1.86 bits per heavy atom. The van der Waals surface area contributed by atoms with Gasteiger partial charge >= 0.3 is 0 Å². The lowest BCUT2D eigenvalue weighted by molar-refractivity contribution is 1.18. The Bertz CT molecular complexity index is 124. The third-order valence-corrected chi connectivity index (χ3v) is 2.20. The van der Waals surface area contributed by atoms with Gasteiger partial charge in [-0.15, -0.1) is 10.9 Å². The van der Waals surface area contributed by atoms with Crippen LogP contribution in [0, 0.1) is 10.7 Å². The van der Waals surface area contributed by atoms with E-state index in [-0.39, 0.29) is 0 Å². The first kappa shape index (κ1) is 4.66. The standard InChI is InChI=1S/C4H6N2S/c5-3-7-2-1-6-4-7/h4,7H,1-2H2. The van der Waals surface area contributed by atoms with Crippen LogP contribution in [0.1, 0.15) is 0 Å². The molecule has 0 spiro atoms. The smallest absolute Gasteiger partial charge is 0.115 e. The molecule has 0 radical (unpaired) electrons. The first-order valence-electron chi connectivity index (χ1n) is 2.10. The van der Waals surface area contributed by atoms with Crippen molar-refractivity contribution >= 4 is 16.4 Å². The van der Waals surface area contributed by atoms with Crippen LogP contribution in [0.5, 0.6) is 0 Å². The second kappa shape index (κ2) is 1.99. The van der Waals surface area contributed by atoms with Crippen molar-refractivity contribution in [3.05, 3.63) is 0 Å². The predicted molar refractivity (Wildman–Crippen MR) is 32.8 cm³/mol. The van der Waals surface area contributed by atoms with Gasteiger partial charge < -0.3 is 0 Å². The lowest BCUT2D eigenvalue weighted by Gasteiger charge is -1.90. The second-order valence-corrected chi connectivity index (χ2v) is 3.13. The maximum absolute atomic E-state index is 8.25. The summed E-state index contributed by atoms with van der Waals surface area (Å²) in [5.41, 5.74) is 1.79. The highest BCUT2D eigenvalue weighted by Gasteiger charge is 2.01. The molecule has 1 rings (SSSR count). The van der Waals surface area contributed by atoms with Crippen LogP contribution in [0.2, 0.25) is 0 Å². The van der Waals surface area contributed by atoms with Crippen molar-refractivity contribution in [2.75, 3.05) is 12.3 Å². The highest BCUT2D eigenvalue weighted by molar-refractivity contribution is 8.32. The average molecular weight is 114 g/mol. The van der Waals surface area contributed by atoms with Crippen LogP contribution in [-0.4, -0.2) is 17.8 Å². The molecule has 0 aliphatic carbocycles. The fourth-order valence-electron chi connectivity index (χ4n) is 0.455. The largest absolute Gasteiger partial charge is 0.286 e. The molecule has 1 aliphatic heterocycles. The minimum atomic E-state index is -0.429. The molecule has 0 amide bonds. The summed E-state index contributed by atoms with van der Waals surface area (Å²) >= 11 is 0. The van der Waals surface area contributed by atoms with E-state index in [0.29, 0.717) is 0 Å². The zero-order valence-corrected chi connectivity index (χ0v) is 4.73. The van der Waals surface area contributed by atoms with E-state index in [4.69, 9.17) is 5.26 Å². The van der Waals surface area contributed by atoms with Crippen molar-refractivity contribution in [3.63, 3.8) is 0 Å². The molecule has 1 atom stereocenters. The molecule has 0 saturated heterocycles. The highest BCUT2D eigenvalue weighted by atomic mass is 32.2. The average Bonchev–Trinajstić information content (AvgIpc) is 2.14. The number of aliphatic imine (C=N–C) groups is 1. The Kier molecular flexibility index (Phi) is 1.32. The molecule has 0 aromatic rings. The van der Waals surface area contributed by atoms with Crippen LogP contribution in [0.4, 0.5) is 0 Å². The SMILES string of the molecule is N#C[SH]1C=NCC1. The van der Waals surface area contributed by atoms with E-state index in [1.807, 2.05) is 0 Å². The Morgan fingerprint density at radius 2 is 2.71 bits per heavy atom. The minimum Gasteiger partial charge on any atom is -0.286 e. The van der Waals surface area contributed by atoms with Crippen molar-refractivity contribution in [2.45, 2.75) is 0 Å². The maximum Gasteiger partial charge on any atom is 0.115 e. The van der Waals surface area contributed by atoms with E-state index in [0.717, 1.165) is 12.3 Å². The lowest BCUT2D eigenvalue weighted by Crippen LogP contribution is -1.78. The maximum atomic E-state index is 8.25. The molecule has 38 valence electrons. The van der Waals surface area contributed by atoms with E-state index in [1.54, 1.807) is 5.55 Å². The third kappa shape index (κ3) is 0.937. The van der Waals surface area contributed by atoms with Crippen molar-refractivity contribution in [2.24, 2.45) is 4.99 Å². The number of thiocyanates is 1. The molecule has 1 aliphatic rings. The van der Waals surface area contributed by atoms with Crippen LogP contribution >= 0.6 is 10.9 Å². The van der Waals surface area contributed by atoms with E-state index in [9.17, 15) is 0 Å². The Hall–Kier alpha value is -0.490. The summed E-state index contributed by atoms with van der Waals surface area (Å²) in [5, 5.41) is 10.4. The van der Waals surface area contributed by atoms with Gasteiger partial charge in [-0.3, -0.25) is 4.99 Å². The van der Waals surface area contributed by atoms with Crippen molar-refractivity contribution < 1.29 is 0 Å². The van der Waals surface area contributed by atoms with E-state index in [2.05, 4.69) is 10.4 Å².